The minimum Gasteiger partial charge on any atom is -0.744 e. The highest BCUT2D eigenvalue weighted by Gasteiger charge is 2.26. The fourth-order valence-corrected chi connectivity index (χ4v) is 5.76. The Morgan fingerprint density at radius 2 is 1.67 bits per heavy atom. The molecule has 1 aliphatic rings. The summed E-state index contributed by atoms with van der Waals surface area (Å²) in [7, 11) is -4.27. The zero-order chi connectivity index (χ0) is 32.1. The molecule has 9 heteroatoms. The van der Waals surface area contributed by atoms with Gasteiger partial charge in [-0.15, -0.1) is 0 Å². The van der Waals surface area contributed by atoms with Gasteiger partial charge >= 0.3 is 5.89 Å². The van der Waals surface area contributed by atoms with Crippen LogP contribution in [0.25, 0.3) is 28.3 Å². The number of nitrogens with zero attached hydrogens (tertiary/aromatic N) is 2. The number of aryl methyl sites for hydroxylation is 2. The molecule has 0 aliphatic carbocycles. The van der Waals surface area contributed by atoms with Crippen molar-refractivity contribution in [1.82, 2.24) is 0 Å². The van der Waals surface area contributed by atoms with Crippen LogP contribution >= 0.6 is 11.6 Å². The van der Waals surface area contributed by atoms with Crippen LogP contribution in [0.5, 0.6) is 5.75 Å². The third kappa shape index (κ3) is 7.31. The van der Waals surface area contributed by atoms with Gasteiger partial charge in [0.1, 0.15) is 16.7 Å². The molecule has 1 aromatic heterocycles. The van der Waals surface area contributed by atoms with Crippen LogP contribution in [0.15, 0.2) is 118 Å². The van der Waals surface area contributed by atoms with E-state index < -0.39 is 10.1 Å². The maximum Gasteiger partial charge on any atom is 0.374 e. The third-order valence-electron chi connectivity index (χ3n) is 7.50. The zero-order valence-electron chi connectivity index (χ0n) is 25.7. The van der Waals surface area contributed by atoms with Gasteiger partial charge in [0.05, 0.1) is 16.7 Å². The van der Waals surface area contributed by atoms with E-state index in [1.165, 1.54) is 23.3 Å². The van der Waals surface area contributed by atoms with E-state index in [2.05, 4.69) is 84.9 Å². The average Bonchev–Trinajstić information content (AvgIpc) is 3.56. The van der Waals surface area contributed by atoms with Crippen molar-refractivity contribution in [2.75, 3.05) is 11.4 Å². The standard InChI is InChI=1S/C29H28ClN2O2.C7H8O3S/c1-4-20(17-29-32(6-3)25-19-23(30)13-15-27(25)34-29)16-28-31(5-2)24-18-22(12-14-26(24)33-28)21-10-8-7-9-11-21;1-6-2-4-7(5-3-6)11(8,9)10/h7-19H,4-6H2,1-3H3;2-5H,1H3,(H,8,9,10)/q+1;/p-1. The molecule has 7 nitrogen and oxygen atoms in total. The molecule has 45 heavy (non-hydrogen) atoms. The minimum absolute atomic E-state index is 0.178. The minimum atomic E-state index is -4.27. The maximum atomic E-state index is 10.4. The highest BCUT2D eigenvalue weighted by Crippen LogP contribution is 2.41. The zero-order valence-corrected chi connectivity index (χ0v) is 27.2. The lowest BCUT2D eigenvalue weighted by molar-refractivity contribution is -0.674. The van der Waals surface area contributed by atoms with E-state index in [-0.39, 0.29) is 4.90 Å². The Kier molecular flexibility index (Phi) is 9.77. The summed E-state index contributed by atoms with van der Waals surface area (Å²) in [5.74, 6) is 2.46. The lowest BCUT2D eigenvalue weighted by Gasteiger charge is -2.16. The van der Waals surface area contributed by atoms with Crippen molar-refractivity contribution in [3.8, 4) is 16.9 Å². The van der Waals surface area contributed by atoms with Crippen LogP contribution < -0.4 is 14.2 Å². The molecule has 0 saturated carbocycles. The SMILES string of the molecule is CCC(=Cc1oc2ccc(-c3ccccc3)cc2[n+]1CC)C=C1Oc2ccc(Cl)cc2N1CC.Cc1ccc(S(=O)(=O)[O-])cc1. The first kappa shape index (κ1) is 32.0. The number of rotatable bonds is 7. The van der Waals surface area contributed by atoms with Crippen LogP contribution in [0.4, 0.5) is 5.69 Å². The van der Waals surface area contributed by atoms with Gasteiger partial charge in [-0.25, -0.2) is 8.42 Å². The van der Waals surface area contributed by atoms with Crippen LogP contribution in [0.2, 0.25) is 5.02 Å². The highest BCUT2D eigenvalue weighted by molar-refractivity contribution is 7.85. The number of anilines is 1. The summed E-state index contributed by atoms with van der Waals surface area (Å²) in [6.45, 7) is 9.82. The summed E-state index contributed by atoms with van der Waals surface area (Å²) in [6.07, 6.45) is 5.06. The third-order valence-corrected chi connectivity index (χ3v) is 8.58. The molecule has 2 heterocycles. The number of hydrogen-bond donors (Lipinski definition) is 0. The molecule has 0 unspecified atom stereocenters. The molecular formula is C36H35ClN2O5S. The fourth-order valence-electron chi connectivity index (χ4n) is 5.12. The number of benzene rings is 4. The Hall–Kier alpha value is -4.37. The predicted octanol–water partition coefficient (Wildman–Crippen LogP) is 8.51. The van der Waals surface area contributed by atoms with Crippen LogP contribution in [-0.2, 0) is 16.7 Å². The van der Waals surface area contributed by atoms with Gasteiger partial charge in [-0.2, -0.15) is 4.57 Å². The number of halogens is 1. The van der Waals surface area contributed by atoms with Gasteiger partial charge < -0.3 is 18.6 Å². The summed E-state index contributed by atoms with van der Waals surface area (Å²) < 4.78 is 45.8. The van der Waals surface area contributed by atoms with Crippen molar-refractivity contribution in [3.63, 3.8) is 0 Å². The Morgan fingerprint density at radius 3 is 2.31 bits per heavy atom. The smallest absolute Gasteiger partial charge is 0.374 e. The largest absolute Gasteiger partial charge is 0.744 e. The van der Waals surface area contributed by atoms with Crippen molar-refractivity contribution in [2.45, 2.75) is 45.6 Å². The normalized spacial score (nSPS) is 13.9. The monoisotopic (exact) mass is 642 g/mol. The van der Waals surface area contributed by atoms with Crippen LogP contribution in [-0.4, -0.2) is 19.5 Å². The molecule has 0 N–H and O–H groups in total. The fraction of sp³-hybridized carbons (Fsp3) is 0.194. The van der Waals surface area contributed by atoms with Crippen molar-refractivity contribution < 1.29 is 26.7 Å². The molecule has 1 aliphatic heterocycles. The summed E-state index contributed by atoms with van der Waals surface area (Å²) in [6, 6.07) is 28.3. The van der Waals surface area contributed by atoms with Crippen LogP contribution in [0.1, 0.15) is 38.6 Å². The van der Waals surface area contributed by atoms with E-state index in [0.29, 0.717) is 5.02 Å². The number of allylic oxidation sites excluding steroid dienone is 2. The number of aromatic nitrogens is 1. The Balaban J connectivity index is 0.000000309. The highest BCUT2D eigenvalue weighted by atomic mass is 35.5. The van der Waals surface area contributed by atoms with Crippen LogP contribution in [0.3, 0.4) is 0 Å². The lowest BCUT2D eigenvalue weighted by Crippen LogP contribution is -2.33. The molecule has 0 fully saturated rings. The van der Waals surface area contributed by atoms with Gasteiger partial charge in [0.25, 0.3) is 5.52 Å². The van der Waals surface area contributed by atoms with Crippen molar-refractivity contribution in [1.29, 1.82) is 0 Å². The Morgan fingerprint density at radius 1 is 0.933 bits per heavy atom. The maximum absolute atomic E-state index is 10.4. The van der Waals surface area contributed by atoms with Crippen molar-refractivity contribution in [3.05, 3.63) is 125 Å². The van der Waals surface area contributed by atoms with E-state index in [9.17, 15) is 13.0 Å². The van der Waals surface area contributed by atoms with E-state index in [1.54, 1.807) is 12.1 Å². The van der Waals surface area contributed by atoms with Crippen molar-refractivity contribution in [2.24, 2.45) is 0 Å². The molecule has 0 saturated heterocycles. The molecular weight excluding hydrogens is 608 g/mol. The van der Waals surface area contributed by atoms with E-state index in [0.717, 1.165) is 65.0 Å². The predicted molar refractivity (Wildman–Crippen MR) is 178 cm³/mol. The summed E-state index contributed by atoms with van der Waals surface area (Å²) in [4.78, 5) is 1.96. The summed E-state index contributed by atoms with van der Waals surface area (Å²) in [5.41, 5.74) is 7.39. The number of hydrogen-bond acceptors (Lipinski definition) is 6. The lowest BCUT2D eigenvalue weighted by atomic mass is 10.1. The Labute approximate surface area is 269 Å². The van der Waals surface area contributed by atoms with E-state index >= 15 is 0 Å². The first-order valence-corrected chi connectivity index (χ1v) is 16.6. The molecule has 6 rings (SSSR count). The molecule has 0 atom stereocenters. The number of ether oxygens (including phenoxy) is 1. The topological polar surface area (TPSA) is 86.7 Å². The molecule has 0 radical (unpaired) electrons. The van der Waals surface area contributed by atoms with E-state index in [1.807, 2.05) is 31.2 Å². The van der Waals surface area contributed by atoms with Gasteiger partial charge in [0.15, 0.2) is 5.75 Å². The van der Waals surface area contributed by atoms with E-state index in [4.69, 9.17) is 20.8 Å². The quantitative estimate of drug-likeness (QED) is 0.131. The molecule has 232 valence electrons. The number of oxazole rings is 1. The van der Waals surface area contributed by atoms with Gasteiger partial charge in [0, 0.05) is 23.7 Å². The molecule has 0 bridgehead atoms. The van der Waals surface area contributed by atoms with Gasteiger partial charge in [0.2, 0.25) is 11.5 Å². The first-order valence-electron chi connectivity index (χ1n) is 14.8. The Bertz CT molecular complexity index is 1980. The molecule has 4 aromatic carbocycles. The van der Waals surface area contributed by atoms with Crippen LogP contribution in [0, 0.1) is 6.92 Å². The van der Waals surface area contributed by atoms with Crippen molar-refractivity contribution >= 4 is 44.6 Å². The first-order chi connectivity index (χ1) is 21.6. The number of fused-ring (bicyclic) bond motifs is 2. The summed E-state index contributed by atoms with van der Waals surface area (Å²) in [5, 5.41) is 0.703. The average molecular weight is 643 g/mol. The molecule has 0 spiro atoms. The second-order valence-corrected chi connectivity index (χ2v) is 12.3. The second-order valence-electron chi connectivity index (χ2n) is 10.5. The molecule has 5 aromatic rings. The van der Waals surface area contributed by atoms with Gasteiger partial charge in [-0.1, -0.05) is 72.6 Å². The van der Waals surface area contributed by atoms with Gasteiger partial charge in [-0.3, -0.25) is 0 Å². The second kappa shape index (κ2) is 13.7. The van der Waals surface area contributed by atoms with Gasteiger partial charge in [-0.05, 0) is 80.3 Å². The summed E-state index contributed by atoms with van der Waals surface area (Å²) >= 11 is 6.23. The molecule has 0 amide bonds.